The lowest BCUT2D eigenvalue weighted by Crippen LogP contribution is -2.56. The van der Waals surface area contributed by atoms with Gasteiger partial charge in [0.05, 0.1) is 25.5 Å². The minimum absolute atomic E-state index is 0.00271. The molecule has 134 valence electrons. The number of likely N-dealkylation sites (tertiary alicyclic amines) is 1. The van der Waals surface area contributed by atoms with Crippen molar-refractivity contribution in [3.63, 3.8) is 0 Å². The van der Waals surface area contributed by atoms with E-state index >= 15 is 0 Å². The third-order valence-corrected chi connectivity index (χ3v) is 5.14. The largest absolute Gasteiger partial charge is 0.468 e. The van der Waals surface area contributed by atoms with E-state index in [2.05, 4.69) is 4.90 Å². The van der Waals surface area contributed by atoms with Crippen molar-refractivity contribution in [2.45, 2.75) is 31.9 Å². The summed E-state index contributed by atoms with van der Waals surface area (Å²) in [7, 11) is 3.50. The highest BCUT2D eigenvalue weighted by Crippen LogP contribution is 2.40. The van der Waals surface area contributed by atoms with Gasteiger partial charge in [-0.3, -0.25) is 9.69 Å². The lowest BCUT2D eigenvalue weighted by atomic mass is 9.73. The van der Waals surface area contributed by atoms with Crippen molar-refractivity contribution in [3.05, 3.63) is 24.2 Å². The van der Waals surface area contributed by atoms with Crippen molar-refractivity contribution in [2.24, 2.45) is 5.41 Å². The third-order valence-electron chi connectivity index (χ3n) is 5.14. The molecule has 2 atom stereocenters. The summed E-state index contributed by atoms with van der Waals surface area (Å²) >= 11 is 0. The summed E-state index contributed by atoms with van der Waals surface area (Å²) in [5.41, 5.74) is -0.0182. The molecule has 2 aliphatic heterocycles. The van der Waals surface area contributed by atoms with E-state index in [4.69, 9.17) is 13.9 Å². The maximum atomic E-state index is 11.8. The van der Waals surface area contributed by atoms with Gasteiger partial charge in [-0.15, -0.1) is 0 Å². The molecule has 0 N–H and O–H groups in total. The van der Waals surface area contributed by atoms with Gasteiger partial charge in [-0.05, 0) is 31.4 Å². The van der Waals surface area contributed by atoms with Crippen LogP contribution in [0.3, 0.4) is 0 Å². The minimum Gasteiger partial charge on any atom is -0.468 e. The molecule has 1 amide bonds. The Morgan fingerprint density at radius 3 is 3.12 bits per heavy atom. The van der Waals surface area contributed by atoms with Gasteiger partial charge in [0.15, 0.2) is 0 Å². The maximum absolute atomic E-state index is 11.8. The van der Waals surface area contributed by atoms with Gasteiger partial charge < -0.3 is 18.8 Å². The predicted octanol–water partition coefficient (Wildman–Crippen LogP) is 1.76. The van der Waals surface area contributed by atoms with Gasteiger partial charge in [0.2, 0.25) is 5.91 Å². The number of nitrogens with zero attached hydrogens (tertiary/aromatic N) is 2. The van der Waals surface area contributed by atoms with Gasteiger partial charge >= 0.3 is 0 Å². The van der Waals surface area contributed by atoms with E-state index in [0.29, 0.717) is 6.61 Å². The highest BCUT2D eigenvalue weighted by Gasteiger charge is 2.46. The van der Waals surface area contributed by atoms with E-state index in [-0.39, 0.29) is 24.0 Å². The van der Waals surface area contributed by atoms with E-state index in [1.807, 2.05) is 12.1 Å². The average Bonchev–Trinajstić information content (AvgIpc) is 3.07. The minimum atomic E-state index is -0.0182. The first-order chi connectivity index (χ1) is 11.6. The molecular weight excluding hydrogens is 308 g/mol. The van der Waals surface area contributed by atoms with Crippen LogP contribution in [-0.4, -0.2) is 68.8 Å². The number of carbonyl (C=O) groups excluding carboxylic acids is 1. The molecule has 2 aliphatic rings. The highest BCUT2D eigenvalue weighted by atomic mass is 16.5. The Hall–Kier alpha value is -1.37. The molecule has 0 saturated carbocycles. The smallest absolute Gasteiger partial charge is 0.248 e. The number of likely N-dealkylation sites (N-methyl/N-ethyl adjacent to an activating group) is 1. The van der Waals surface area contributed by atoms with E-state index in [1.165, 1.54) is 0 Å². The second kappa shape index (κ2) is 7.68. The van der Waals surface area contributed by atoms with E-state index < -0.39 is 0 Å². The van der Waals surface area contributed by atoms with Crippen LogP contribution in [0, 0.1) is 5.41 Å². The Morgan fingerprint density at radius 2 is 2.38 bits per heavy atom. The molecule has 0 aliphatic carbocycles. The Morgan fingerprint density at radius 1 is 1.50 bits per heavy atom. The topological polar surface area (TPSA) is 55.2 Å². The van der Waals surface area contributed by atoms with E-state index in [1.54, 1.807) is 25.3 Å². The summed E-state index contributed by atoms with van der Waals surface area (Å²) in [6.07, 6.45) is 5.09. The first-order valence-corrected chi connectivity index (χ1v) is 8.73. The Bertz CT molecular complexity index is 531. The molecule has 3 rings (SSSR count). The maximum Gasteiger partial charge on any atom is 0.248 e. The molecule has 3 heterocycles. The average molecular weight is 336 g/mol. The third kappa shape index (κ3) is 3.99. The summed E-state index contributed by atoms with van der Waals surface area (Å²) < 4.78 is 17.4. The number of fused-ring (bicyclic) bond motifs is 1. The summed E-state index contributed by atoms with van der Waals surface area (Å²) in [6, 6.07) is 3.94. The van der Waals surface area contributed by atoms with Crippen LogP contribution in [0.1, 0.15) is 25.0 Å². The summed E-state index contributed by atoms with van der Waals surface area (Å²) in [4.78, 5) is 15.7. The molecule has 6 heteroatoms. The molecule has 0 radical (unpaired) electrons. The van der Waals surface area contributed by atoms with Gasteiger partial charge in [-0.1, -0.05) is 0 Å². The van der Waals surface area contributed by atoms with Gasteiger partial charge in [0.1, 0.15) is 12.4 Å². The zero-order valence-electron chi connectivity index (χ0n) is 14.7. The first-order valence-electron chi connectivity index (χ1n) is 8.73. The Balaban J connectivity index is 1.62. The molecular formula is C18H28N2O4. The SMILES string of the molecule is CN(C)C(=O)COCC12CCCOC1CCN(Cc1ccco1)C2. The normalized spacial score (nSPS) is 27.7. The van der Waals surface area contributed by atoms with Gasteiger partial charge in [-0.2, -0.15) is 0 Å². The summed E-state index contributed by atoms with van der Waals surface area (Å²) in [5, 5.41) is 0. The van der Waals surface area contributed by atoms with Crippen molar-refractivity contribution in [2.75, 3.05) is 47.0 Å². The van der Waals surface area contributed by atoms with Crippen LogP contribution in [0.15, 0.2) is 22.8 Å². The number of piperidine rings is 1. The number of hydrogen-bond acceptors (Lipinski definition) is 5. The number of ether oxygens (including phenoxy) is 2. The molecule has 2 fully saturated rings. The summed E-state index contributed by atoms with van der Waals surface area (Å²) in [5.74, 6) is 0.993. The van der Waals surface area contributed by atoms with Gasteiger partial charge in [0.25, 0.3) is 0 Å². The van der Waals surface area contributed by atoms with Crippen molar-refractivity contribution >= 4 is 5.91 Å². The first kappa shape index (κ1) is 17.5. The number of furan rings is 1. The molecule has 24 heavy (non-hydrogen) atoms. The van der Waals surface area contributed by atoms with E-state index in [0.717, 1.165) is 51.3 Å². The quantitative estimate of drug-likeness (QED) is 0.792. The molecule has 0 bridgehead atoms. The number of carbonyl (C=O) groups is 1. The number of rotatable bonds is 6. The lowest BCUT2D eigenvalue weighted by Gasteiger charge is -2.50. The molecule has 0 aromatic carbocycles. The molecule has 2 saturated heterocycles. The molecule has 1 aromatic rings. The van der Waals surface area contributed by atoms with Crippen LogP contribution in [0.5, 0.6) is 0 Å². The zero-order chi connectivity index (χ0) is 17.0. The van der Waals surface area contributed by atoms with Crippen LogP contribution in [0.4, 0.5) is 0 Å². The van der Waals surface area contributed by atoms with Crippen molar-refractivity contribution in [1.82, 2.24) is 9.80 Å². The standard InChI is InChI=1S/C18H28N2O4/c1-19(2)17(21)12-22-14-18-7-4-10-24-16(18)6-8-20(13-18)11-15-5-3-9-23-15/h3,5,9,16H,4,6-8,10-14H2,1-2H3. The predicted molar refractivity (Wildman–Crippen MR) is 89.5 cm³/mol. The van der Waals surface area contributed by atoms with Crippen LogP contribution < -0.4 is 0 Å². The number of amides is 1. The van der Waals surface area contributed by atoms with Crippen molar-refractivity contribution in [1.29, 1.82) is 0 Å². The second-order valence-corrected chi connectivity index (χ2v) is 7.19. The zero-order valence-corrected chi connectivity index (χ0v) is 14.7. The van der Waals surface area contributed by atoms with Gasteiger partial charge in [0, 0.05) is 39.2 Å². The fourth-order valence-electron chi connectivity index (χ4n) is 3.82. The van der Waals surface area contributed by atoms with Crippen LogP contribution >= 0.6 is 0 Å². The van der Waals surface area contributed by atoms with E-state index in [9.17, 15) is 4.79 Å². The number of hydrogen-bond donors (Lipinski definition) is 0. The fraction of sp³-hybridized carbons (Fsp3) is 0.722. The lowest BCUT2D eigenvalue weighted by molar-refractivity contribution is -0.160. The van der Waals surface area contributed by atoms with Crippen LogP contribution in [0.2, 0.25) is 0 Å². The van der Waals surface area contributed by atoms with Gasteiger partial charge in [-0.25, -0.2) is 0 Å². The van der Waals surface area contributed by atoms with Crippen LogP contribution in [-0.2, 0) is 20.8 Å². The Labute approximate surface area is 143 Å². The summed E-state index contributed by atoms with van der Waals surface area (Å²) in [6.45, 7) is 4.29. The highest BCUT2D eigenvalue weighted by molar-refractivity contribution is 5.76. The van der Waals surface area contributed by atoms with Crippen molar-refractivity contribution < 1.29 is 18.7 Å². The van der Waals surface area contributed by atoms with Crippen molar-refractivity contribution in [3.8, 4) is 0 Å². The molecule has 0 spiro atoms. The monoisotopic (exact) mass is 336 g/mol. The molecule has 2 unspecified atom stereocenters. The fourth-order valence-corrected chi connectivity index (χ4v) is 3.82. The molecule has 1 aromatic heterocycles. The Kier molecular flexibility index (Phi) is 5.58. The molecule has 6 nitrogen and oxygen atoms in total. The van der Waals surface area contributed by atoms with Crippen LogP contribution in [0.25, 0.3) is 0 Å². The second-order valence-electron chi connectivity index (χ2n) is 7.19.